The standard InChI is InChI=1S/C10H12ClN3.C5H5N3O/c1-13-7-4-5-14(6-7)8-2-3-9(11)12-10(8)13;9-4-8-5-3-6-1-2-7-5/h2-3,7H,4-6H2,1H3;1-4H,(H,7,8,9). The van der Waals surface area contributed by atoms with Gasteiger partial charge in [0.1, 0.15) is 5.15 Å². The van der Waals surface area contributed by atoms with Crippen molar-refractivity contribution in [2.24, 2.45) is 0 Å². The molecule has 4 rings (SSSR count). The molecule has 0 radical (unpaired) electrons. The number of nitrogens with one attached hydrogen (secondary N) is 1. The predicted molar refractivity (Wildman–Crippen MR) is 90.0 cm³/mol. The summed E-state index contributed by atoms with van der Waals surface area (Å²) in [6.07, 6.45) is 6.30. The molecule has 2 aromatic rings. The molecule has 1 unspecified atom stereocenters. The first-order valence-corrected chi connectivity index (χ1v) is 7.67. The fourth-order valence-electron chi connectivity index (χ4n) is 2.81. The number of anilines is 3. The summed E-state index contributed by atoms with van der Waals surface area (Å²) >= 11 is 5.90. The number of likely N-dealkylation sites (N-methyl/N-ethyl adjacent to an activating group) is 1. The van der Waals surface area contributed by atoms with Gasteiger partial charge in [-0.15, -0.1) is 0 Å². The van der Waals surface area contributed by atoms with Gasteiger partial charge in [0.25, 0.3) is 0 Å². The third kappa shape index (κ3) is 3.34. The molecule has 1 atom stereocenters. The molecule has 4 heterocycles. The van der Waals surface area contributed by atoms with Gasteiger partial charge in [0.15, 0.2) is 11.6 Å². The lowest BCUT2D eigenvalue weighted by atomic mass is 10.2. The zero-order chi connectivity index (χ0) is 16.2. The lowest BCUT2D eigenvalue weighted by Gasteiger charge is -2.34. The van der Waals surface area contributed by atoms with Crippen LogP contribution in [0.3, 0.4) is 0 Å². The number of carbonyl (C=O) groups excluding carboxylic acids is 1. The van der Waals surface area contributed by atoms with Crippen molar-refractivity contribution in [3.8, 4) is 0 Å². The Kier molecular flexibility index (Phi) is 4.57. The molecule has 2 bridgehead atoms. The second kappa shape index (κ2) is 6.78. The second-order valence-electron chi connectivity index (χ2n) is 5.33. The van der Waals surface area contributed by atoms with E-state index < -0.39 is 0 Å². The molecule has 23 heavy (non-hydrogen) atoms. The zero-order valence-corrected chi connectivity index (χ0v) is 13.4. The normalized spacial score (nSPS) is 17.9. The molecule has 120 valence electrons. The quantitative estimate of drug-likeness (QED) is 0.668. The van der Waals surface area contributed by atoms with Crippen molar-refractivity contribution in [3.05, 3.63) is 35.9 Å². The monoisotopic (exact) mass is 332 g/mol. The average molecular weight is 333 g/mol. The number of nitrogens with zero attached hydrogens (tertiary/aromatic N) is 5. The first-order valence-electron chi connectivity index (χ1n) is 7.29. The molecule has 1 amide bonds. The summed E-state index contributed by atoms with van der Waals surface area (Å²) in [4.78, 5) is 26.3. The Bertz CT molecular complexity index is 683. The third-order valence-electron chi connectivity index (χ3n) is 3.98. The van der Waals surface area contributed by atoms with E-state index in [-0.39, 0.29) is 0 Å². The van der Waals surface area contributed by atoms with Crippen molar-refractivity contribution in [3.63, 3.8) is 0 Å². The van der Waals surface area contributed by atoms with Crippen LogP contribution in [0.4, 0.5) is 17.3 Å². The zero-order valence-electron chi connectivity index (χ0n) is 12.7. The number of aromatic nitrogens is 3. The average Bonchev–Trinajstić information content (AvgIpc) is 3.01. The van der Waals surface area contributed by atoms with Crippen LogP contribution in [0.15, 0.2) is 30.7 Å². The predicted octanol–water partition coefficient (Wildman–Crippen LogP) is 1.81. The smallest absolute Gasteiger partial charge is 0.212 e. The molecule has 0 saturated carbocycles. The van der Waals surface area contributed by atoms with Crippen LogP contribution in [-0.2, 0) is 4.79 Å². The van der Waals surface area contributed by atoms with Crippen molar-refractivity contribution in [1.82, 2.24) is 15.0 Å². The lowest BCUT2D eigenvalue weighted by molar-refractivity contribution is -0.105. The number of amides is 1. The fraction of sp³-hybridized carbons (Fsp3) is 0.333. The molecule has 0 aromatic carbocycles. The molecule has 2 aliphatic rings. The second-order valence-corrected chi connectivity index (χ2v) is 5.72. The SMILES string of the molecule is CN1c2nc(Cl)ccc2N2CCC1C2.O=CNc1cnccn1. The molecule has 7 nitrogen and oxygen atoms in total. The van der Waals surface area contributed by atoms with Crippen LogP contribution in [0, 0.1) is 0 Å². The Balaban J connectivity index is 0.000000151. The Morgan fingerprint density at radius 2 is 2.26 bits per heavy atom. The van der Waals surface area contributed by atoms with E-state index in [0.29, 0.717) is 23.4 Å². The largest absolute Gasteiger partial charge is 0.366 e. The van der Waals surface area contributed by atoms with Crippen LogP contribution in [-0.4, -0.2) is 47.5 Å². The van der Waals surface area contributed by atoms with Crippen LogP contribution in [0.5, 0.6) is 0 Å². The molecule has 2 aromatic heterocycles. The highest BCUT2D eigenvalue weighted by atomic mass is 35.5. The van der Waals surface area contributed by atoms with Crippen molar-refractivity contribution < 1.29 is 4.79 Å². The minimum Gasteiger partial charge on any atom is -0.366 e. The topological polar surface area (TPSA) is 74.2 Å². The Hall–Kier alpha value is -2.41. The highest BCUT2D eigenvalue weighted by Gasteiger charge is 2.34. The van der Waals surface area contributed by atoms with Gasteiger partial charge in [-0.25, -0.2) is 9.97 Å². The maximum absolute atomic E-state index is 9.80. The first-order chi connectivity index (χ1) is 11.2. The third-order valence-corrected chi connectivity index (χ3v) is 4.19. The number of hydrogen-bond donors (Lipinski definition) is 1. The van der Waals surface area contributed by atoms with Gasteiger partial charge < -0.3 is 15.1 Å². The van der Waals surface area contributed by atoms with E-state index in [1.54, 1.807) is 0 Å². The summed E-state index contributed by atoms with van der Waals surface area (Å²) in [5.74, 6) is 1.50. The number of hydrogen-bond acceptors (Lipinski definition) is 6. The van der Waals surface area contributed by atoms with E-state index >= 15 is 0 Å². The number of fused-ring (bicyclic) bond motifs is 4. The highest BCUT2D eigenvalue weighted by molar-refractivity contribution is 6.29. The highest BCUT2D eigenvalue weighted by Crippen LogP contribution is 2.38. The maximum Gasteiger partial charge on any atom is 0.212 e. The molecular weight excluding hydrogens is 316 g/mol. The van der Waals surface area contributed by atoms with Gasteiger partial charge >= 0.3 is 0 Å². The van der Waals surface area contributed by atoms with Gasteiger partial charge in [-0.2, -0.15) is 0 Å². The van der Waals surface area contributed by atoms with Gasteiger partial charge in [0, 0.05) is 38.6 Å². The van der Waals surface area contributed by atoms with Crippen molar-refractivity contribution in [1.29, 1.82) is 0 Å². The van der Waals surface area contributed by atoms with Crippen LogP contribution in [0.25, 0.3) is 0 Å². The Labute approximate surface area is 139 Å². The van der Waals surface area contributed by atoms with E-state index in [9.17, 15) is 4.79 Å². The van der Waals surface area contributed by atoms with Crippen molar-refractivity contribution in [2.45, 2.75) is 12.5 Å². The Morgan fingerprint density at radius 1 is 1.39 bits per heavy atom. The number of pyridine rings is 1. The van der Waals surface area contributed by atoms with Crippen LogP contribution in [0.2, 0.25) is 5.15 Å². The number of halogens is 1. The molecule has 2 aliphatic heterocycles. The summed E-state index contributed by atoms with van der Waals surface area (Å²) in [6.45, 7) is 2.28. The van der Waals surface area contributed by atoms with E-state index in [2.05, 4.69) is 43.2 Å². The van der Waals surface area contributed by atoms with E-state index in [4.69, 9.17) is 11.6 Å². The van der Waals surface area contributed by atoms with Gasteiger partial charge in [0.2, 0.25) is 6.41 Å². The van der Waals surface area contributed by atoms with Gasteiger partial charge in [-0.1, -0.05) is 11.6 Å². The van der Waals surface area contributed by atoms with E-state index in [1.165, 1.54) is 30.7 Å². The number of carbonyl (C=O) groups is 1. The summed E-state index contributed by atoms with van der Waals surface area (Å²) < 4.78 is 0. The summed E-state index contributed by atoms with van der Waals surface area (Å²) in [6, 6.07) is 4.56. The molecular formula is C15H17ClN6O. The minimum atomic E-state index is 0.465. The molecule has 0 spiro atoms. The Morgan fingerprint density at radius 3 is 3.00 bits per heavy atom. The van der Waals surface area contributed by atoms with Gasteiger partial charge in [0.05, 0.1) is 11.9 Å². The first kappa shape index (κ1) is 15.5. The van der Waals surface area contributed by atoms with Gasteiger partial charge in [-0.3, -0.25) is 9.78 Å². The molecule has 8 heteroatoms. The maximum atomic E-state index is 9.80. The molecule has 1 fully saturated rings. The molecule has 1 N–H and O–H groups in total. The van der Waals surface area contributed by atoms with Crippen LogP contribution < -0.4 is 15.1 Å². The number of rotatable bonds is 2. The van der Waals surface area contributed by atoms with Crippen LogP contribution in [0.1, 0.15) is 6.42 Å². The van der Waals surface area contributed by atoms with Gasteiger partial charge in [-0.05, 0) is 18.6 Å². The fourth-order valence-corrected chi connectivity index (χ4v) is 2.95. The minimum absolute atomic E-state index is 0.465. The summed E-state index contributed by atoms with van der Waals surface area (Å²) in [5, 5.41) is 2.93. The van der Waals surface area contributed by atoms with E-state index in [0.717, 1.165) is 18.9 Å². The lowest BCUT2D eigenvalue weighted by Crippen LogP contribution is -2.40. The summed E-state index contributed by atoms with van der Waals surface area (Å²) in [7, 11) is 2.11. The molecule has 0 aliphatic carbocycles. The van der Waals surface area contributed by atoms with E-state index in [1.807, 2.05) is 6.07 Å². The van der Waals surface area contributed by atoms with Crippen molar-refractivity contribution in [2.75, 3.05) is 35.3 Å². The molecule has 1 saturated heterocycles. The van der Waals surface area contributed by atoms with Crippen LogP contribution >= 0.6 is 11.6 Å². The van der Waals surface area contributed by atoms with Crippen molar-refractivity contribution >= 4 is 35.3 Å². The summed E-state index contributed by atoms with van der Waals surface area (Å²) in [5.41, 5.74) is 1.23.